The average Bonchev–Trinajstić information content (AvgIpc) is 3.21. The fraction of sp³-hybridized carbons (Fsp3) is 0.423. The van der Waals surface area contributed by atoms with Gasteiger partial charge in [0.1, 0.15) is 11.3 Å². The first-order chi connectivity index (χ1) is 16.6. The molecule has 5 rings (SSSR count). The van der Waals surface area contributed by atoms with Gasteiger partial charge in [0.2, 0.25) is 11.5 Å². The van der Waals surface area contributed by atoms with Crippen LogP contribution in [0, 0.1) is 0 Å². The zero-order valence-corrected chi connectivity index (χ0v) is 20.8. The van der Waals surface area contributed by atoms with Gasteiger partial charge in [-0.15, -0.1) is 15.3 Å². The van der Waals surface area contributed by atoms with E-state index in [1.165, 1.54) is 0 Å². The zero-order valence-electron chi connectivity index (χ0n) is 20.8. The molecule has 182 valence electrons. The Morgan fingerprint density at radius 3 is 2.46 bits per heavy atom. The maximum Gasteiger partial charge on any atom is 0.213 e. The van der Waals surface area contributed by atoms with Crippen LogP contribution in [0.2, 0.25) is 0 Å². The van der Waals surface area contributed by atoms with Gasteiger partial charge >= 0.3 is 0 Å². The van der Waals surface area contributed by atoms with E-state index < -0.39 is 0 Å². The maximum atomic E-state index is 10.8. The van der Waals surface area contributed by atoms with Crippen molar-refractivity contribution in [3.8, 4) is 34.0 Å². The van der Waals surface area contributed by atoms with Crippen LogP contribution in [0.25, 0.3) is 33.5 Å². The first-order valence-corrected chi connectivity index (χ1v) is 11.9. The van der Waals surface area contributed by atoms with Crippen molar-refractivity contribution < 1.29 is 9.84 Å². The molecule has 1 aliphatic heterocycles. The Labute approximate surface area is 204 Å². The second-order valence-electron chi connectivity index (χ2n) is 10.5. The lowest BCUT2D eigenvalue weighted by Crippen LogP contribution is -2.58. The summed E-state index contributed by atoms with van der Waals surface area (Å²) in [5, 5.41) is 32.2. The molecule has 4 aromatic rings. The SMILES string of the molecule is CCOc1cc(-c2ccc(-c3cc4nnn(C5CC(C)(C)NC(C)(C)C5)c4nn3)c(O)c2)ccn1. The van der Waals surface area contributed by atoms with Crippen LogP contribution in [0.15, 0.2) is 42.6 Å². The van der Waals surface area contributed by atoms with Crippen molar-refractivity contribution in [2.45, 2.75) is 64.6 Å². The summed E-state index contributed by atoms with van der Waals surface area (Å²) in [7, 11) is 0. The minimum absolute atomic E-state index is 0.0240. The summed E-state index contributed by atoms with van der Waals surface area (Å²) in [6, 6.07) is 11.2. The number of piperidine rings is 1. The molecule has 0 amide bonds. The topological polar surface area (TPSA) is 111 Å². The second kappa shape index (κ2) is 8.57. The van der Waals surface area contributed by atoms with Gasteiger partial charge in [0.05, 0.1) is 18.3 Å². The van der Waals surface area contributed by atoms with Crippen molar-refractivity contribution in [2.24, 2.45) is 0 Å². The molecule has 1 aliphatic rings. The number of fused-ring (bicyclic) bond motifs is 1. The van der Waals surface area contributed by atoms with Crippen molar-refractivity contribution in [2.75, 3.05) is 6.61 Å². The summed E-state index contributed by atoms with van der Waals surface area (Å²) in [6.45, 7) is 11.3. The van der Waals surface area contributed by atoms with Gasteiger partial charge in [0.25, 0.3) is 0 Å². The quantitative estimate of drug-likeness (QED) is 0.435. The number of rotatable bonds is 5. The molecule has 2 N–H and O–H groups in total. The average molecular weight is 474 g/mol. The number of nitrogens with zero attached hydrogens (tertiary/aromatic N) is 6. The molecule has 0 aliphatic carbocycles. The standard InChI is InChI=1S/C26H31N7O2/c1-6-35-23-12-17(9-10-27-23)16-7-8-19(22(34)11-16)20-13-21-24(30-28-20)33(32-29-21)18-14-25(2,3)31-26(4,5)15-18/h7-13,18,31,34H,6,14-15H2,1-5H3. The lowest BCUT2D eigenvalue weighted by atomic mass is 9.80. The molecule has 3 aromatic heterocycles. The van der Waals surface area contributed by atoms with E-state index in [-0.39, 0.29) is 22.9 Å². The Hall–Kier alpha value is -3.59. The highest BCUT2D eigenvalue weighted by molar-refractivity contribution is 5.79. The Morgan fingerprint density at radius 2 is 1.74 bits per heavy atom. The highest BCUT2D eigenvalue weighted by Gasteiger charge is 2.39. The molecular formula is C26H31N7O2. The first-order valence-electron chi connectivity index (χ1n) is 11.9. The molecule has 4 heterocycles. The van der Waals surface area contributed by atoms with E-state index in [0.717, 1.165) is 24.0 Å². The van der Waals surface area contributed by atoms with Gasteiger partial charge in [-0.3, -0.25) is 0 Å². The van der Waals surface area contributed by atoms with Crippen molar-refractivity contribution in [3.63, 3.8) is 0 Å². The molecule has 1 aromatic carbocycles. The zero-order chi connectivity index (χ0) is 24.8. The van der Waals surface area contributed by atoms with Crippen molar-refractivity contribution >= 4 is 11.2 Å². The van der Waals surface area contributed by atoms with E-state index >= 15 is 0 Å². The second-order valence-corrected chi connectivity index (χ2v) is 10.5. The molecule has 0 spiro atoms. The van der Waals surface area contributed by atoms with Crippen LogP contribution in [0.3, 0.4) is 0 Å². The van der Waals surface area contributed by atoms with E-state index in [4.69, 9.17) is 4.74 Å². The highest BCUT2D eigenvalue weighted by Crippen LogP contribution is 2.37. The van der Waals surface area contributed by atoms with Crippen LogP contribution in [-0.4, -0.2) is 53.0 Å². The van der Waals surface area contributed by atoms with Crippen LogP contribution >= 0.6 is 0 Å². The summed E-state index contributed by atoms with van der Waals surface area (Å²) < 4.78 is 7.39. The number of phenolic OH excluding ortho intramolecular Hbond substituents is 1. The lowest BCUT2D eigenvalue weighted by Gasteiger charge is -2.46. The number of aromatic nitrogens is 6. The highest BCUT2D eigenvalue weighted by atomic mass is 16.5. The van der Waals surface area contributed by atoms with Gasteiger partial charge in [0.15, 0.2) is 0 Å². The maximum absolute atomic E-state index is 10.8. The van der Waals surface area contributed by atoms with Crippen LogP contribution in [0.4, 0.5) is 0 Å². The predicted molar refractivity (Wildman–Crippen MR) is 134 cm³/mol. The van der Waals surface area contributed by atoms with Crippen LogP contribution in [0.5, 0.6) is 11.6 Å². The van der Waals surface area contributed by atoms with Crippen molar-refractivity contribution in [1.82, 2.24) is 35.5 Å². The number of pyridine rings is 1. The van der Waals surface area contributed by atoms with Crippen LogP contribution in [0.1, 0.15) is 53.5 Å². The first kappa shape index (κ1) is 23.2. The molecular weight excluding hydrogens is 442 g/mol. The Morgan fingerprint density at radius 1 is 1.00 bits per heavy atom. The predicted octanol–water partition coefficient (Wildman–Crippen LogP) is 4.54. The third-order valence-electron chi connectivity index (χ3n) is 6.37. The molecule has 0 atom stereocenters. The summed E-state index contributed by atoms with van der Waals surface area (Å²) in [5.41, 5.74) is 4.15. The molecule has 0 unspecified atom stereocenters. The van der Waals surface area contributed by atoms with Gasteiger partial charge in [-0.05, 0) is 82.9 Å². The van der Waals surface area contributed by atoms with Gasteiger partial charge in [0, 0.05) is 28.9 Å². The van der Waals surface area contributed by atoms with Gasteiger partial charge in [-0.25, -0.2) is 9.67 Å². The lowest BCUT2D eigenvalue weighted by molar-refractivity contribution is 0.127. The van der Waals surface area contributed by atoms with Crippen LogP contribution in [-0.2, 0) is 0 Å². The minimum Gasteiger partial charge on any atom is -0.507 e. The Balaban J connectivity index is 1.45. The number of aromatic hydroxyl groups is 1. The summed E-state index contributed by atoms with van der Waals surface area (Å²) in [6.07, 6.45) is 3.53. The molecule has 0 bridgehead atoms. The Kier molecular flexibility index (Phi) is 5.67. The van der Waals surface area contributed by atoms with E-state index in [9.17, 15) is 5.11 Å². The molecule has 0 radical (unpaired) electrons. The van der Waals surface area contributed by atoms with Crippen molar-refractivity contribution in [3.05, 3.63) is 42.6 Å². The Bertz CT molecular complexity index is 1360. The van der Waals surface area contributed by atoms with Gasteiger partial charge in [-0.2, -0.15) is 0 Å². The number of hydrogen-bond donors (Lipinski definition) is 2. The number of ether oxygens (including phenoxy) is 1. The summed E-state index contributed by atoms with van der Waals surface area (Å²) in [5.74, 6) is 0.661. The summed E-state index contributed by atoms with van der Waals surface area (Å²) >= 11 is 0. The molecule has 9 heteroatoms. The van der Waals surface area contributed by atoms with Crippen molar-refractivity contribution in [1.29, 1.82) is 0 Å². The molecule has 1 saturated heterocycles. The normalized spacial score (nSPS) is 17.5. The largest absolute Gasteiger partial charge is 0.507 e. The molecule has 0 saturated carbocycles. The van der Waals surface area contributed by atoms with Gasteiger partial charge < -0.3 is 15.2 Å². The van der Waals surface area contributed by atoms with Crippen LogP contribution < -0.4 is 10.1 Å². The van der Waals surface area contributed by atoms with Gasteiger partial charge in [-0.1, -0.05) is 11.3 Å². The molecule has 1 fully saturated rings. The number of benzene rings is 1. The number of nitrogens with one attached hydrogen (secondary N) is 1. The monoisotopic (exact) mass is 473 g/mol. The fourth-order valence-corrected chi connectivity index (χ4v) is 5.31. The third-order valence-corrected chi connectivity index (χ3v) is 6.37. The molecule has 35 heavy (non-hydrogen) atoms. The third kappa shape index (κ3) is 4.68. The number of phenols is 1. The molecule has 9 nitrogen and oxygen atoms in total. The number of hydrogen-bond acceptors (Lipinski definition) is 8. The van der Waals surface area contributed by atoms with E-state index in [1.54, 1.807) is 12.3 Å². The minimum atomic E-state index is -0.0240. The van der Waals surface area contributed by atoms with E-state index in [2.05, 4.69) is 58.5 Å². The smallest absolute Gasteiger partial charge is 0.213 e. The summed E-state index contributed by atoms with van der Waals surface area (Å²) in [4.78, 5) is 4.20. The fourth-order valence-electron chi connectivity index (χ4n) is 5.31. The van der Waals surface area contributed by atoms with E-state index in [1.807, 2.05) is 41.9 Å². The van der Waals surface area contributed by atoms with E-state index in [0.29, 0.717) is 34.9 Å².